The molecule has 0 bridgehead atoms. The number of carbonyl (C=O) groups excluding carboxylic acids is 1. The van der Waals surface area contributed by atoms with Crippen molar-refractivity contribution >= 4 is 28.9 Å². The summed E-state index contributed by atoms with van der Waals surface area (Å²) in [7, 11) is 0. The van der Waals surface area contributed by atoms with E-state index in [-0.39, 0.29) is 11.3 Å². The minimum Gasteiger partial charge on any atom is -0.320 e. The van der Waals surface area contributed by atoms with E-state index in [1.54, 1.807) is 12.1 Å². The highest BCUT2D eigenvalue weighted by molar-refractivity contribution is 6.31. The summed E-state index contributed by atoms with van der Waals surface area (Å²) < 4.78 is 1.36. The summed E-state index contributed by atoms with van der Waals surface area (Å²) in [5.74, 6) is -0.518. The molecule has 1 aromatic heterocycles. The first-order valence-electron chi connectivity index (χ1n) is 6.63. The van der Waals surface area contributed by atoms with E-state index in [1.165, 1.54) is 41.3 Å². The molecule has 24 heavy (non-hydrogen) atoms. The van der Waals surface area contributed by atoms with Crippen molar-refractivity contribution in [2.75, 3.05) is 5.32 Å². The number of carbonyl (C=O) groups is 1. The molecule has 1 amide bonds. The van der Waals surface area contributed by atoms with Gasteiger partial charge in [-0.1, -0.05) is 17.7 Å². The summed E-state index contributed by atoms with van der Waals surface area (Å²) in [5, 5.41) is 24.7. The number of amides is 1. The molecule has 0 unspecified atom stereocenters. The molecule has 0 saturated carbocycles. The number of hydrogen-bond acceptors (Lipinski definition) is 6. The molecule has 10 heteroatoms. The molecule has 1 heterocycles. The summed E-state index contributed by atoms with van der Waals surface area (Å²) in [6, 6.07) is 10.2. The fourth-order valence-electron chi connectivity index (χ4n) is 2.04. The third kappa shape index (κ3) is 3.20. The average molecular weight is 345 g/mol. The van der Waals surface area contributed by atoms with Crippen molar-refractivity contribution in [1.29, 1.82) is 0 Å². The Hall–Kier alpha value is -3.33. The molecule has 3 aromatic rings. The van der Waals surface area contributed by atoms with Gasteiger partial charge in [0.25, 0.3) is 11.6 Å². The van der Waals surface area contributed by atoms with Crippen LogP contribution in [0.5, 0.6) is 0 Å². The lowest BCUT2D eigenvalue weighted by Crippen LogP contribution is -2.14. The summed E-state index contributed by atoms with van der Waals surface area (Å²) in [5.41, 5.74) is 0.843. The van der Waals surface area contributed by atoms with Crippen molar-refractivity contribution in [2.45, 2.75) is 0 Å². The Morgan fingerprint density at radius 3 is 2.79 bits per heavy atom. The molecule has 0 saturated heterocycles. The SMILES string of the molecule is O=C(Nc1cc(Cl)ccc1-n1cnnn1)c1cccc([N+](=O)[O-])c1. The smallest absolute Gasteiger partial charge is 0.270 e. The van der Waals surface area contributed by atoms with Crippen LogP contribution in [0.25, 0.3) is 5.69 Å². The van der Waals surface area contributed by atoms with Gasteiger partial charge in [-0.15, -0.1) is 5.10 Å². The molecule has 0 fully saturated rings. The minimum absolute atomic E-state index is 0.145. The Kier molecular flexibility index (Phi) is 4.17. The highest BCUT2D eigenvalue weighted by Gasteiger charge is 2.14. The van der Waals surface area contributed by atoms with E-state index in [4.69, 9.17) is 11.6 Å². The van der Waals surface area contributed by atoms with Gasteiger partial charge in [-0.3, -0.25) is 14.9 Å². The van der Waals surface area contributed by atoms with Gasteiger partial charge < -0.3 is 5.32 Å². The largest absolute Gasteiger partial charge is 0.320 e. The Morgan fingerprint density at radius 2 is 2.08 bits per heavy atom. The highest BCUT2D eigenvalue weighted by Crippen LogP contribution is 2.24. The van der Waals surface area contributed by atoms with E-state index in [1.807, 2.05) is 0 Å². The van der Waals surface area contributed by atoms with Gasteiger partial charge in [-0.05, 0) is 34.7 Å². The Bertz CT molecular complexity index is 913. The second kappa shape index (κ2) is 6.42. The number of nitro benzene ring substituents is 1. The van der Waals surface area contributed by atoms with Crippen molar-refractivity contribution in [3.05, 3.63) is 69.5 Å². The Morgan fingerprint density at radius 1 is 1.25 bits per heavy atom. The highest BCUT2D eigenvalue weighted by atomic mass is 35.5. The topological polar surface area (TPSA) is 116 Å². The number of non-ortho nitro benzene ring substituents is 1. The van der Waals surface area contributed by atoms with Crippen molar-refractivity contribution in [3.63, 3.8) is 0 Å². The second-order valence-corrected chi connectivity index (χ2v) is 5.11. The zero-order valence-corrected chi connectivity index (χ0v) is 12.7. The van der Waals surface area contributed by atoms with Gasteiger partial charge in [0.15, 0.2) is 0 Å². The number of nitrogens with zero attached hydrogens (tertiary/aromatic N) is 5. The van der Waals surface area contributed by atoms with E-state index in [9.17, 15) is 14.9 Å². The second-order valence-electron chi connectivity index (χ2n) is 4.68. The number of nitro groups is 1. The molecule has 0 radical (unpaired) electrons. The maximum Gasteiger partial charge on any atom is 0.270 e. The number of aromatic nitrogens is 4. The first kappa shape index (κ1) is 15.6. The molecule has 0 aliphatic carbocycles. The van der Waals surface area contributed by atoms with Crippen molar-refractivity contribution in [3.8, 4) is 5.69 Å². The molecule has 0 aliphatic rings. The van der Waals surface area contributed by atoms with E-state index >= 15 is 0 Å². The Balaban J connectivity index is 1.94. The number of nitrogens with one attached hydrogen (secondary N) is 1. The van der Waals surface area contributed by atoms with Crippen molar-refractivity contribution in [1.82, 2.24) is 20.2 Å². The van der Waals surface area contributed by atoms with Crippen LogP contribution >= 0.6 is 11.6 Å². The number of halogens is 1. The average Bonchev–Trinajstić information content (AvgIpc) is 3.09. The fraction of sp³-hybridized carbons (Fsp3) is 0. The van der Waals surface area contributed by atoms with Crippen LogP contribution in [0.2, 0.25) is 5.02 Å². The molecule has 2 aromatic carbocycles. The van der Waals surface area contributed by atoms with Gasteiger partial charge in [0, 0.05) is 22.7 Å². The van der Waals surface area contributed by atoms with Gasteiger partial charge in [-0.2, -0.15) is 4.68 Å². The molecular formula is C14H9ClN6O3. The first-order valence-corrected chi connectivity index (χ1v) is 7.01. The quantitative estimate of drug-likeness (QED) is 0.574. The van der Waals surface area contributed by atoms with Crippen LogP contribution in [0.3, 0.4) is 0 Å². The predicted molar refractivity (Wildman–Crippen MR) is 85.2 cm³/mol. The standard InChI is InChI=1S/C14H9ClN6O3/c15-10-4-5-13(20-8-16-18-19-20)12(7-10)17-14(22)9-2-1-3-11(6-9)21(23)24/h1-8H,(H,17,22). The lowest BCUT2D eigenvalue weighted by molar-refractivity contribution is -0.384. The maximum absolute atomic E-state index is 12.4. The number of tetrazole rings is 1. The van der Waals surface area contributed by atoms with Crippen molar-refractivity contribution in [2.24, 2.45) is 0 Å². The van der Waals surface area contributed by atoms with Crippen LogP contribution in [-0.2, 0) is 0 Å². The van der Waals surface area contributed by atoms with E-state index in [0.29, 0.717) is 16.4 Å². The molecule has 3 rings (SSSR count). The molecule has 0 aliphatic heterocycles. The van der Waals surface area contributed by atoms with Crippen LogP contribution in [0.4, 0.5) is 11.4 Å². The first-order chi connectivity index (χ1) is 11.5. The maximum atomic E-state index is 12.4. The van der Waals surface area contributed by atoms with E-state index in [0.717, 1.165) is 0 Å². The molecule has 0 spiro atoms. The fourth-order valence-corrected chi connectivity index (χ4v) is 2.21. The zero-order valence-electron chi connectivity index (χ0n) is 12.0. The number of anilines is 1. The lowest BCUT2D eigenvalue weighted by atomic mass is 10.2. The summed E-state index contributed by atoms with van der Waals surface area (Å²) >= 11 is 5.97. The Labute approximate surface area is 140 Å². The molecule has 120 valence electrons. The van der Waals surface area contributed by atoms with Gasteiger partial charge >= 0.3 is 0 Å². The minimum atomic E-state index is -0.567. The van der Waals surface area contributed by atoms with Gasteiger partial charge in [0.1, 0.15) is 6.33 Å². The number of rotatable bonds is 4. The summed E-state index contributed by atoms with van der Waals surface area (Å²) in [4.78, 5) is 22.6. The predicted octanol–water partition coefficient (Wildman–Crippen LogP) is 2.48. The van der Waals surface area contributed by atoms with Crippen LogP contribution in [0, 0.1) is 10.1 Å². The van der Waals surface area contributed by atoms with Crippen LogP contribution in [-0.4, -0.2) is 31.0 Å². The zero-order chi connectivity index (χ0) is 17.1. The van der Waals surface area contributed by atoms with Crippen molar-refractivity contribution < 1.29 is 9.72 Å². The molecule has 1 N–H and O–H groups in total. The third-order valence-electron chi connectivity index (χ3n) is 3.12. The molecule has 0 atom stereocenters. The van der Waals surface area contributed by atoms with Crippen LogP contribution in [0.1, 0.15) is 10.4 Å². The third-order valence-corrected chi connectivity index (χ3v) is 3.36. The molecule has 9 nitrogen and oxygen atoms in total. The summed E-state index contributed by atoms with van der Waals surface area (Å²) in [6.45, 7) is 0. The van der Waals surface area contributed by atoms with Gasteiger partial charge in [-0.25, -0.2) is 0 Å². The molecular weight excluding hydrogens is 336 g/mol. The van der Waals surface area contributed by atoms with Crippen LogP contribution in [0.15, 0.2) is 48.8 Å². The van der Waals surface area contributed by atoms with E-state index < -0.39 is 10.8 Å². The number of hydrogen-bond donors (Lipinski definition) is 1. The number of benzene rings is 2. The van der Waals surface area contributed by atoms with Gasteiger partial charge in [0.05, 0.1) is 16.3 Å². The van der Waals surface area contributed by atoms with Gasteiger partial charge in [0.2, 0.25) is 0 Å². The van der Waals surface area contributed by atoms with Crippen LogP contribution < -0.4 is 5.32 Å². The lowest BCUT2D eigenvalue weighted by Gasteiger charge is -2.11. The van der Waals surface area contributed by atoms with E-state index in [2.05, 4.69) is 20.8 Å². The summed E-state index contributed by atoms with van der Waals surface area (Å²) in [6.07, 6.45) is 1.37. The normalized spacial score (nSPS) is 10.4. The monoisotopic (exact) mass is 344 g/mol.